The van der Waals surface area contributed by atoms with Gasteiger partial charge in [0.15, 0.2) is 5.96 Å². The maximum atomic E-state index is 13.3. The molecule has 0 aromatic heterocycles. The molecule has 1 unspecified atom stereocenters. The lowest BCUT2D eigenvalue weighted by Gasteiger charge is -2.35. The molecule has 0 saturated carbocycles. The summed E-state index contributed by atoms with van der Waals surface area (Å²) in [6.07, 6.45) is 3.56. The maximum Gasteiger partial charge on any atom is 0.191 e. The zero-order valence-corrected chi connectivity index (χ0v) is 18.2. The van der Waals surface area contributed by atoms with Crippen molar-refractivity contribution >= 4 is 29.9 Å². The topological polar surface area (TPSA) is 48.9 Å². The number of hydrogen-bond donors (Lipinski definition) is 2. The molecule has 0 spiro atoms. The van der Waals surface area contributed by atoms with E-state index in [2.05, 4.69) is 27.4 Å². The van der Waals surface area contributed by atoms with Gasteiger partial charge in [0, 0.05) is 33.2 Å². The zero-order valence-electron chi connectivity index (χ0n) is 15.8. The number of aliphatic imine (C=N–C) groups is 1. The van der Waals surface area contributed by atoms with Crippen LogP contribution in [0.25, 0.3) is 0 Å². The minimum Gasteiger partial charge on any atom is -0.379 e. The van der Waals surface area contributed by atoms with E-state index >= 15 is 0 Å². The van der Waals surface area contributed by atoms with Crippen molar-refractivity contribution in [1.29, 1.82) is 0 Å². The summed E-state index contributed by atoms with van der Waals surface area (Å²) in [4.78, 5) is 6.68. The van der Waals surface area contributed by atoms with Crippen LogP contribution in [0.15, 0.2) is 29.3 Å². The Labute approximate surface area is 173 Å². The Morgan fingerprint density at radius 2 is 1.88 bits per heavy atom. The highest BCUT2D eigenvalue weighted by atomic mass is 127. The summed E-state index contributed by atoms with van der Waals surface area (Å²) in [6.45, 7) is 7.08. The van der Waals surface area contributed by atoms with Crippen molar-refractivity contribution in [3.8, 4) is 0 Å². The summed E-state index contributed by atoms with van der Waals surface area (Å²) in [7, 11) is 1.79. The fourth-order valence-corrected chi connectivity index (χ4v) is 3.03. The van der Waals surface area contributed by atoms with Gasteiger partial charge in [-0.2, -0.15) is 0 Å². The Morgan fingerprint density at radius 1 is 1.19 bits per heavy atom. The molecule has 1 fully saturated rings. The molecular formula is C19H32FIN4O. The third-order valence-electron chi connectivity index (χ3n) is 4.50. The first-order valence-corrected chi connectivity index (χ1v) is 9.26. The first kappa shape index (κ1) is 23.1. The summed E-state index contributed by atoms with van der Waals surface area (Å²) in [6, 6.07) is 6.96. The van der Waals surface area contributed by atoms with Gasteiger partial charge in [0.25, 0.3) is 0 Å². The molecule has 1 heterocycles. The molecule has 1 aromatic rings. The highest BCUT2D eigenvalue weighted by Crippen LogP contribution is 2.21. The highest BCUT2D eigenvalue weighted by Gasteiger charge is 2.22. The van der Waals surface area contributed by atoms with Gasteiger partial charge in [-0.25, -0.2) is 4.39 Å². The SMILES string of the molecule is CCCCCNC(=NC)NCC(c1ccc(F)cc1)N1CCOCC1.I. The molecule has 1 saturated heterocycles. The Kier molecular flexibility index (Phi) is 11.8. The Morgan fingerprint density at radius 3 is 2.50 bits per heavy atom. The van der Waals surface area contributed by atoms with Crippen LogP contribution < -0.4 is 10.6 Å². The Balaban J connectivity index is 0.00000338. The molecule has 2 rings (SSSR count). The lowest BCUT2D eigenvalue weighted by atomic mass is 10.0. The zero-order chi connectivity index (χ0) is 17.9. The van der Waals surface area contributed by atoms with Crippen molar-refractivity contribution in [2.45, 2.75) is 32.2 Å². The molecule has 26 heavy (non-hydrogen) atoms. The highest BCUT2D eigenvalue weighted by molar-refractivity contribution is 14.0. The van der Waals surface area contributed by atoms with Crippen molar-refractivity contribution in [3.63, 3.8) is 0 Å². The molecular weight excluding hydrogens is 446 g/mol. The number of ether oxygens (including phenoxy) is 1. The van der Waals surface area contributed by atoms with E-state index in [1.54, 1.807) is 7.05 Å². The van der Waals surface area contributed by atoms with Crippen molar-refractivity contribution in [2.75, 3.05) is 46.4 Å². The van der Waals surface area contributed by atoms with Crippen molar-refractivity contribution in [2.24, 2.45) is 4.99 Å². The standard InChI is InChI=1S/C19H31FN4O.HI/c1-3-4-5-10-22-19(21-2)23-15-18(24-11-13-25-14-12-24)16-6-8-17(20)9-7-16;/h6-9,18H,3-5,10-15H2,1-2H3,(H2,21,22,23);1H. The van der Waals surface area contributed by atoms with E-state index < -0.39 is 0 Å². The second-order valence-corrected chi connectivity index (χ2v) is 6.30. The second kappa shape index (κ2) is 13.3. The van der Waals surface area contributed by atoms with Crippen LogP contribution in [0, 0.1) is 5.82 Å². The predicted octanol–water partition coefficient (Wildman–Crippen LogP) is 3.17. The van der Waals surface area contributed by atoms with Crippen LogP contribution in [0.1, 0.15) is 37.8 Å². The van der Waals surface area contributed by atoms with Gasteiger partial charge in [0.2, 0.25) is 0 Å². The molecule has 1 atom stereocenters. The second-order valence-electron chi connectivity index (χ2n) is 6.30. The van der Waals surface area contributed by atoms with Crippen LogP contribution in [-0.4, -0.2) is 57.3 Å². The average molecular weight is 478 g/mol. The van der Waals surface area contributed by atoms with Gasteiger partial charge < -0.3 is 15.4 Å². The van der Waals surface area contributed by atoms with Crippen LogP contribution in [-0.2, 0) is 4.74 Å². The van der Waals surface area contributed by atoms with E-state index in [-0.39, 0.29) is 35.8 Å². The molecule has 148 valence electrons. The maximum absolute atomic E-state index is 13.3. The number of unbranched alkanes of at least 4 members (excludes halogenated alkanes) is 2. The monoisotopic (exact) mass is 478 g/mol. The Hall–Kier alpha value is -0.930. The smallest absolute Gasteiger partial charge is 0.191 e. The summed E-state index contributed by atoms with van der Waals surface area (Å²) in [5, 5.41) is 6.78. The van der Waals surface area contributed by atoms with E-state index in [0.717, 1.165) is 57.3 Å². The van der Waals surface area contributed by atoms with Gasteiger partial charge in [0.05, 0.1) is 19.3 Å². The normalized spacial score (nSPS) is 16.7. The summed E-state index contributed by atoms with van der Waals surface area (Å²) in [5.41, 5.74) is 1.11. The lowest BCUT2D eigenvalue weighted by molar-refractivity contribution is 0.0170. The van der Waals surface area contributed by atoms with Crippen LogP contribution in [0.4, 0.5) is 4.39 Å². The molecule has 1 aromatic carbocycles. The average Bonchev–Trinajstić information content (AvgIpc) is 2.66. The van der Waals surface area contributed by atoms with Gasteiger partial charge in [0.1, 0.15) is 5.82 Å². The first-order chi connectivity index (χ1) is 12.2. The molecule has 1 aliphatic rings. The first-order valence-electron chi connectivity index (χ1n) is 9.26. The van der Waals surface area contributed by atoms with Gasteiger partial charge in [-0.1, -0.05) is 31.9 Å². The van der Waals surface area contributed by atoms with E-state index in [1.165, 1.54) is 25.0 Å². The number of rotatable bonds is 8. The van der Waals surface area contributed by atoms with Gasteiger partial charge in [-0.05, 0) is 24.1 Å². The minimum absolute atomic E-state index is 0. The van der Waals surface area contributed by atoms with E-state index in [1.807, 2.05) is 12.1 Å². The van der Waals surface area contributed by atoms with E-state index in [9.17, 15) is 4.39 Å². The molecule has 1 aliphatic heterocycles. The van der Waals surface area contributed by atoms with E-state index in [4.69, 9.17) is 4.74 Å². The van der Waals surface area contributed by atoms with Crippen molar-refractivity contribution in [1.82, 2.24) is 15.5 Å². The summed E-state index contributed by atoms with van der Waals surface area (Å²) >= 11 is 0. The number of halogens is 2. The predicted molar refractivity (Wildman–Crippen MR) is 116 cm³/mol. The largest absolute Gasteiger partial charge is 0.379 e. The molecule has 5 nitrogen and oxygen atoms in total. The number of morpholine rings is 1. The van der Waals surface area contributed by atoms with Crippen LogP contribution >= 0.6 is 24.0 Å². The van der Waals surface area contributed by atoms with Gasteiger partial charge >= 0.3 is 0 Å². The fourth-order valence-electron chi connectivity index (χ4n) is 3.03. The molecule has 0 amide bonds. The fraction of sp³-hybridized carbons (Fsp3) is 0.632. The van der Waals surface area contributed by atoms with Gasteiger partial charge in [-0.3, -0.25) is 9.89 Å². The van der Waals surface area contributed by atoms with Gasteiger partial charge in [-0.15, -0.1) is 24.0 Å². The molecule has 0 aliphatic carbocycles. The number of guanidine groups is 1. The van der Waals surface area contributed by atoms with Crippen LogP contribution in [0.2, 0.25) is 0 Å². The number of benzene rings is 1. The third-order valence-corrected chi connectivity index (χ3v) is 4.50. The Bertz CT molecular complexity index is 521. The van der Waals surface area contributed by atoms with Crippen LogP contribution in [0.5, 0.6) is 0 Å². The van der Waals surface area contributed by atoms with Crippen molar-refractivity contribution < 1.29 is 9.13 Å². The third kappa shape index (κ3) is 7.75. The number of nitrogens with zero attached hydrogens (tertiary/aromatic N) is 2. The molecule has 0 bridgehead atoms. The number of hydrogen-bond acceptors (Lipinski definition) is 3. The quantitative estimate of drug-likeness (QED) is 0.261. The molecule has 0 radical (unpaired) electrons. The van der Waals surface area contributed by atoms with E-state index in [0.29, 0.717) is 0 Å². The van der Waals surface area contributed by atoms with Crippen molar-refractivity contribution in [3.05, 3.63) is 35.6 Å². The lowest BCUT2D eigenvalue weighted by Crippen LogP contribution is -2.46. The summed E-state index contributed by atoms with van der Waals surface area (Å²) in [5.74, 6) is 0.613. The minimum atomic E-state index is -0.203. The molecule has 7 heteroatoms. The number of nitrogens with one attached hydrogen (secondary N) is 2. The summed E-state index contributed by atoms with van der Waals surface area (Å²) < 4.78 is 18.8. The molecule has 2 N–H and O–H groups in total. The van der Waals surface area contributed by atoms with Crippen LogP contribution in [0.3, 0.4) is 0 Å².